The number of aromatic nitrogens is 2. The second kappa shape index (κ2) is 7.45. The number of fused-ring (bicyclic) bond motifs is 1. The highest BCUT2D eigenvalue weighted by molar-refractivity contribution is 6.30. The van der Waals surface area contributed by atoms with Gasteiger partial charge in [-0.05, 0) is 67.4 Å². The summed E-state index contributed by atoms with van der Waals surface area (Å²) in [5.41, 5.74) is 5.55. The van der Waals surface area contributed by atoms with Crippen molar-refractivity contribution < 1.29 is 4.74 Å². The van der Waals surface area contributed by atoms with Crippen molar-refractivity contribution >= 4 is 22.6 Å². The van der Waals surface area contributed by atoms with E-state index in [2.05, 4.69) is 30.5 Å². The summed E-state index contributed by atoms with van der Waals surface area (Å²) in [5.74, 6) is 1.87. The molecule has 0 fully saturated rings. The standard InChI is InChI=1S/C23H21ClN2O/c1-16-6-5-9-22(17(16)2)27-15-14-26-21-8-4-3-7-20(21)25-23(26)18-10-12-19(24)13-11-18/h3-13H,14-15H2,1-2H3. The van der Waals surface area contributed by atoms with Crippen molar-refractivity contribution in [2.45, 2.75) is 20.4 Å². The van der Waals surface area contributed by atoms with Crippen LogP contribution in [-0.2, 0) is 6.54 Å². The van der Waals surface area contributed by atoms with Crippen LogP contribution in [0.2, 0.25) is 5.02 Å². The molecule has 0 spiro atoms. The maximum atomic E-state index is 6.08. The van der Waals surface area contributed by atoms with E-state index in [1.54, 1.807) is 0 Å². The zero-order valence-corrected chi connectivity index (χ0v) is 16.2. The number of hydrogen-bond acceptors (Lipinski definition) is 2. The van der Waals surface area contributed by atoms with Gasteiger partial charge in [-0.2, -0.15) is 0 Å². The molecule has 1 aromatic heterocycles. The van der Waals surface area contributed by atoms with Gasteiger partial charge in [0.1, 0.15) is 18.2 Å². The molecule has 27 heavy (non-hydrogen) atoms. The number of hydrogen-bond donors (Lipinski definition) is 0. The summed E-state index contributed by atoms with van der Waals surface area (Å²) in [6.07, 6.45) is 0. The zero-order chi connectivity index (χ0) is 18.8. The maximum absolute atomic E-state index is 6.08. The van der Waals surface area contributed by atoms with Crippen LogP contribution in [0, 0.1) is 13.8 Å². The van der Waals surface area contributed by atoms with Gasteiger partial charge in [0.25, 0.3) is 0 Å². The van der Waals surface area contributed by atoms with Gasteiger partial charge < -0.3 is 9.30 Å². The fourth-order valence-corrected chi connectivity index (χ4v) is 3.37. The molecule has 0 aliphatic carbocycles. The molecule has 0 atom stereocenters. The highest BCUT2D eigenvalue weighted by atomic mass is 35.5. The average molecular weight is 377 g/mol. The van der Waals surface area contributed by atoms with Crippen molar-refractivity contribution in [1.29, 1.82) is 0 Å². The summed E-state index contributed by atoms with van der Waals surface area (Å²) in [6, 6.07) is 22.1. The Balaban J connectivity index is 1.65. The molecule has 4 rings (SSSR count). The van der Waals surface area contributed by atoms with Gasteiger partial charge in [-0.25, -0.2) is 4.98 Å². The molecule has 0 aliphatic rings. The van der Waals surface area contributed by atoms with Crippen molar-refractivity contribution in [3.8, 4) is 17.1 Å². The van der Waals surface area contributed by atoms with E-state index in [0.717, 1.165) is 33.2 Å². The van der Waals surface area contributed by atoms with Gasteiger partial charge in [0, 0.05) is 10.6 Å². The van der Waals surface area contributed by atoms with Gasteiger partial charge in [-0.3, -0.25) is 0 Å². The number of rotatable bonds is 5. The summed E-state index contributed by atoms with van der Waals surface area (Å²) in [7, 11) is 0. The zero-order valence-electron chi connectivity index (χ0n) is 15.4. The fourth-order valence-electron chi connectivity index (χ4n) is 3.25. The van der Waals surface area contributed by atoms with Gasteiger partial charge in [0.2, 0.25) is 0 Å². The highest BCUT2D eigenvalue weighted by Gasteiger charge is 2.12. The Bertz CT molecular complexity index is 1080. The first kappa shape index (κ1) is 17.6. The van der Waals surface area contributed by atoms with Gasteiger partial charge in [-0.1, -0.05) is 35.9 Å². The molecule has 3 aromatic carbocycles. The van der Waals surface area contributed by atoms with Crippen LogP contribution in [0.25, 0.3) is 22.4 Å². The molecule has 3 nitrogen and oxygen atoms in total. The summed E-state index contributed by atoms with van der Waals surface area (Å²) < 4.78 is 8.29. The number of halogens is 1. The van der Waals surface area contributed by atoms with E-state index in [-0.39, 0.29) is 0 Å². The average Bonchev–Trinajstić information content (AvgIpc) is 3.04. The monoisotopic (exact) mass is 376 g/mol. The third-order valence-corrected chi connectivity index (χ3v) is 5.14. The van der Waals surface area contributed by atoms with E-state index >= 15 is 0 Å². The molecule has 4 heteroatoms. The Kier molecular flexibility index (Phi) is 4.87. The Hall–Kier alpha value is -2.78. The first-order valence-electron chi connectivity index (χ1n) is 9.04. The van der Waals surface area contributed by atoms with Crippen molar-refractivity contribution in [1.82, 2.24) is 9.55 Å². The fraction of sp³-hybridized carbons (Fsp3) is 0.174. The van der Waals surface area contributed by atoms with Crippen LogP contribution in [-0.4, -0.2) is 16.2 Å². The number of benzene rings is 3. The van der Waals surface area contributed by atoms with Crippen LogP contribution in [0.5, 0.6) is 5.75 Å². The van der Waals surface area contributed by atoms with E-state index in [0.29, 0.717) is 13.2 Å². The van der Waals surface area contributed by atoms with Gasteiger partial charge in [-0.15, -0.1) is 0 Å². The van der Waals surface area contributed by atoms with Crippen LogP contribution < -0.4 is 4.74 Å². The van der Waals surface area contributed by atoms with E-state index in [1.807, 2.05) is 54.6 Å². The minimum atomic E-state index is 0.575. The smallest absolute Gasteiger partial charge is 0.141 e. The van der Waals surface area contributed by atoms with Gasteiger partial charge >= 0.3 is 0 Å². The highest BCUT2D eigenvalue weighted by Crippen LogP contribution is 2.26. The van der Waals surface area contributed by atoms with Crippen LogP contribution >= 0.6 is 11.6 Å². The third-order valence-electron chi connectivity index (χ3n) is 4.88. The largest absolute Gasteiger partial charge is 0.491 e. The summed E-state index contributed by atoms with van der Waals surface area (Å²) in [4.78, 5) is 4.83. The molecule has 0 saturated carbocycles. The van der Waals surface area contributed by atoms with Crippen molar-refractivity contribution in [3.63, 3.8) is 0 Å². The second-order valence-corrected chi connectivity index (χ2v) is 7.07. The predicted octanol–water partition coefficient (Wildman–Crippen LogP) is 6.05. The number of imidazole rings is 1. The van der Waals surface area contributed by atoms with Crippen molar-refractivity contribution in [3.05, 3.63) is 82.9 Å². The summed E-state index contributed by atoms with van der Waals surface area (Å²) >= 11 is 6.05. The van der Waals surface area contributed by atoms with E-state index in [1.165, 1.54) is 11.1 Å². The molecule has 0 unspecified atom stereocenters. The van der Waals surface area contributed by atoms with E-state index in [9.17, 15) is 0 Å². The lowest BCUT2D eigenvalue weighted by Gasteiger charge is -2.13. The molecule has 0 radical (unpaired) electrons. The molecule has 1 heterocycles. The molecular formula is C23H21ClN2O. The van der Waals surface area contributed by atoms with Crippen molar-refractivity contribution in [2.75, 3.05) is 6.61 Å². The quantitative estimate of drug-likeness (QED) is 0.423. The first-order chi connectivity index (χ1) is 13.1. The topological polar surface area (TPSA) is 27.1 Å². The molecule has 136 valence electrons. The maximum Gasteiger partial charge on any atom is 0.141 e. The number of nitrogens with zero attached hydrogens (tertiary/aromatic N) is 2. The summed E-state index contributed by atoms with van der Waals surface area (Å²) in [6.45, 7) is 5.48. The Labute approximate surface area is 164 Å². The molecule has 0 N–H and O–H groups in total. The number of ether oxygens (including phenoxy) is 1. The molecule has 0 bridgehead atoms. The van der Waals surface area contributed by atoms with Gasteiger partial charge in [0.05, 0.1) is 17.6 Å². The molecule has 0 saturated heterocycles. The lowest BCUT2D eigenvalue weighted by molar-refractivity contribution is 0.298. The third kappa shape index (κ3) is 3.56. The first-order valence-corrected chi connectivity index (χ1v) is 9.41. The Morgan fingerprint density at radius 3 is 2.52 bits per heavy atom. The van der Waals surface area contributed by atoms with Crippen LogP contribution in [0.15, 0.2) is 66.7 Å². The Morgan fingerprint density at radius 1 is 0.926 bits per heavy atom. The Morgan fingerprint density at radius 2 is 1.70 bits per heavy atom. The lowest BCUT2D eigenvalue weighted by Crippen LogP contribution is -2.10. The molecule has 4 aromatic rings. The molecule has 0 amide bonds. The predicted molar refractivity (Wildman–Crippen MR) is 112 cm³/mol. The molecule has 0 aliphatic heterocycles. The van der Waals surface area contributed by atoms with Crippen LogP contribution in [0.3, 0.4) is 0 Å². The second-order valence-electron chi connectivity index (χ2n) is 6.63. The lowest BCUT2D eigenvalue weighted by atomic mass is 10.1. The van der Waals surface area contributed by atoms with Gasteiger partial charge in [0.15, 0.2) is 0 Å². The van der Waals surface area contributed by atoms with E-state index in [4.69, 9.17) is 21.3 Å². The summed E-state index contributed by atoms with van der Waals surface area (Å²) in [5, 5.41) is 0.722. The SMILES string of the molecule is Cc1cccc(OCCn2c(-c3ccc(Cl)cc3)nc3ccccc32)c1C. The van der Waals surface area contributed by atoms with Crippen molar-refractivity contribution in [2.24, 2.45) is 0 Å². The number of aryl methyl sites for hydroxylation is 1. The minimum Gasteiger partial charge on any atom is -0.491 e. The minimum absolute atomic E-state index is 0.575. The van der Waals surface area contributed by atoms with Crippen LogP contribution in [0.4, 0.5) is 0 Å². The number of para-hydroxylation sites is 2. The molecular weight excluding hydrogens is 356 g/mol. The van der Waals surface area contributed by atoms with E-state index < -0.39 is 0 Å². The normalized spacial score (nSPS) is 11.1. The van der Waals surface area contributed by atoms with Crippen LogP contribution in [0.1, 0.15) is 11.1 Å².